The Morgan fingerprint density at radius 2 is 2.00 bits per heavy atom. The van der Waals surface area contributed by atoms with Gasteiger partial charge in [-0.2, -0.15) is 0 Å². The number of aliphatic imine (C=N–C) groups is 1. The van der Waals surface area contributed by atoms with Crippen molar-refractivity contribution in [3.05, 3.63) is 29.8 Å². The molecule has 0 bridgehead atoms. The number of hydrogen-bond donors (Lipinski definition) is 2. The van der Waals surface area contributed by atoms with Crippen LogP contribution in [-0.4, -0.2) is 54.9 Å². The van der Waals surface area contributed by atoms with Gasteiger partial charge < -0.3 is 15.5 Å². The highest BCUT2D eigenvalue weighted by Gasteiger charge is 2.25. The number of rotatable bonds is 7. The van der Waals surface area contributed by atoms with Crippen LogP contribution in [0.15, 0.2) is 29.3 Å². The summed E-state index contributed by atoms with van der Waals surface area (Å²) in [4.78, 5) is 6.46. The summed E-state index contributed by atoms with van der Waals surface area (Å²) in [5.74, 6) is 1.61. The lowest BCUT2D eigenvalue weighted by molar-refractivity contribution is 0.413. The summed E-state index contributed by atoms with van der Waals surface area (Å²) in [6, 6.07) is 9.03. The highest BCUT2D eigenvalue weighted by atomic mass is 32.2. The zero-order chi connectivity index (χ0) is 18.9. The van der Waals surface area contributed by atoms with E-state index < -0.39 is 10.8 Å². The smallest absolute Gasteiger partial charge is 0.191 e. The highest BCUT2D eigenvalue weighted by molar-refractivity contribution is 7.85. The Bertz CT molecular complexity index is 600. The molecule has 146 valence electrons. The zero-order valence-electron chi connectivity index (χ0n) is 16.6. The van der Waals surface area contributed by atoms with Crippen molar-refractivity contribution >= 4 is 22.4 Å². The molecule has 0 spiro atoms. The van der Waals surface area contributed by atoms with E-state index in [4.69, 9.17) is 0 Å². The number of nitrogens with one attached hydrogen (secondary N) is 2. The lowest BCUT2D eigenvalue weighted by atomic mass is 9.95. The second-order valence-corrected chi connectivity index (χ2v) is 9.11. The van der Waals surface area contributed by atoms with Crippen LogP contribution in [0.5, 0.6) is 0 Å². The van der Waals surface area contributed by atoms with Crippen LogP contribution >= 0.6 is 0 Å². The van der Waals surface area contributed by atoms with Gasteiger partial charge in [0.15, 0.2) is 5.96 Å². The van der Waals surface area contributed by atoms with Gasteiger partial charge in [-0.05, 0) is 43.4 Å². The number of guanidine groups is 1. The summed E-state index contributed by atoms with van der Waals surface area (Å²) in [7, 11) is 5.23. The van der Waals surface area contributed by atoms with Crippen LogP contribution < -0.4 is 15.5 Å². The first-order valence-electron chi connectivity index (χ1n) is 9.64. The zero-order valence-corrected chi connectivity index (χ0v) is 17.4. The van der Waals surface area contributed by atoms with E-state index in [0.29, 0.717) is 11.3 Å². The number of anilines is 1. The minimum Gasteiger partial charge on any atom is -0.378 e. The molecule has 1 aliphatic carbocycles. The molecule has 0 amide bonds. The molecule has 1 aliphatic rings. The number of hydrogen-bond acceptors (Lipinski definition) is 3. The third kappa shape index (κ3) is 6.31. The summed E-state index contributed by atoms with van der Waals surface area (Å²) < 4.78 is 12.1. The largest absolute Gasteiger partial charge is 0.378 e. The molecule has 3 atom stereocenters. The van der Waals surface area contributed by atoms with E-state index in [0.717, 1.165) is 50.4 Å². The Morgan fingerprint density at radius 3 is 2.62 bits per heavy atom. The molecule has 1 fully saturated rings. The molecule has 0 aromatic heterocycles. The van der Waals surface area contributed by atoms with E-state index in [-0.39, 0.29) is 0 Å². The van der Waals surface area contributed by atoms with Crippen LogP contribution in [-0.2, 0) is 17.2 Å². The van der Waals surface area contributed by atoms with Crippen molar-refractivity contribution in [3.8, 4) is 0 Å². The normalized spacial score (nSPS) is 21.9. The number of benzene rings is 1. The van der Waals surface area contributed by atoms with Crippen LogP contribution in [0.4, 0.5) is 5.69 Å². The molecule has 3 unspecified atom stereocenters. The lowest BCUT2D eigenvalue weighted by Crippen LogP contribution is -2.47. The first-order chi connectivity index (χ1) is 12.5. The van der Waals surface area contributed by atoms with E-state index in [1.807, 2.05) is 14.0 Å². The SMILES string of the molecule is CCS(=O)C1CCCC(NC(=NC)NCCc2ccc(N(C)C)cc2)C1. The average Bonchev–Trinajstić information content (AvgIpc) is 2.67. The molecular formula is C20H34N4OS. The monoisotopic (exact) mass is 378 g/mol. The maximum absolute atomic E-state index is 12.1. The van der Waals surface area contributed by atoms with Gasteiger partial charge in [0.1, 0.15) is 0 Å². The summed E-state index contributed by atoms with van der Waals surface area (Å²) in [6.07, 6.45) is 5.30. The summed E-state index contributed by atoms with van der Waals surface area (Å²) >= 11 is 0. The fourth-order valence-electron chi connectivity index (χ4n) is 3.42. The van der Waals surface area contributed by atoms with Gasteiger partial charge in [-0.3, -0.25) is 9.20 Å². The maximum atomic E-state index is 12.1. The average molecular weight is 379 g/mol. The van der Waals surface area contributed by atoms with Crippen molar-refractivity contribution in [1.82, 2.24) is 10.6 Å². The van der Waals surface area contributed by atoms with E-state index >= 15 is 0 Å². The van der Waals surface area contributed by atoms with E-state index in [9.17, 15) is 4.21 Å². The molecule has 0 aliphatic heterocycles. The molecule has 1 aromatic rings. The van der Waals surface area contributed by atoms with Crippen molar-refractivity contribution in [1.29, 1.82) is 0 Å². The number of nitrogens with zero attached hydrogens (tertiary/aromatic N) is 2. The van der Waals surface area contributed by atoms with Gasteiger partial charge in [0.25, 0.3) is 0 Å². The van der Waals surface area contributed by atoms with Crippen molar-refractivity contribution < 1.29 is 4.21 Å². The Labute approximate surface area is 161 Å². The van der Waals surface area contributed by atoms with E-state index in [1.54, 1.807) is 0 Å². The first-order valence-corrected chi connectivity index (χ1v) is 11.0. The van der Waals surface area contributed by atoms with E-state index in [2.05, 4.69) is 58.9 Å². The third-order valence-corrected chi connectivity index (χ3v) is 6.75. The fraction of sp³-hybridized carbons (Fsp3) is 0.650. The molecule has 2 N–H and O–H groups in total. The molecule has 0 radical (unpaired) electrons. The van der Waals surface area contributed by atoms with Crippen molar-refractivity contribution in [3.63, 3.8) is 0 Å². The minimum atomic E-state index is -0.690. The van der Waals surface area contributed by atoms with Gasteiger partial charge in [0.05, 0.1) is 0 Å². The third-order valence-electron chi connectivity index (χ3n) is 5.01. The van der Waals surface area contributed by atoms with Crippen LogP contribution in [0.2, 0.25) is 0 Å². The van der Waals surface area contributed by atoms with Crippen molar-refractivity contribution in [2.45, 2.75) is 50.3 Å². The molecule has 26 heavy (non-hydrogen) atoms. The summed E-state index contributed by atoms with van der Waals surface area (Å²) in [5.41, 5.74) is 2.53. The Hall–Kier alpha value is -1.56. The van der Waals surface area contributed by atoms with Gasteiger partial charge in [-0.1, -0.05) is 25.5 Å². The molecule has 0 heterocycles. The molecule has 2 rings (SSSR count). The van der Waals surface area contributed by atoms with Crippen molar-refractivity contribution in [2.75, 3.05) is 38.3 Å². The van der Waals surface area contributed by atoms with E-state index in [1.165, 1.54) is 11.3 Å². The Kier molecular flexibility index (Phi) is 8.42. The molecule has 5 nitrogen and oxygen atoms in total. The summed E-state index contributed by atoms with van der Waals surface area (Å²) in [6.45, 7) is 2.86. The van der Waals surface area contributed by atoms with Crippen LogP contribution in [0.3, 0.4) is 0 Å². The molecule has 0 saturated heterocycles. The van der Waals surface area contributed by atoms with Crippen LogP contribution in [0, 0.1) is 0 Å². The molecule has 1 aromatic carbocycles. The Balaban J connectivity index is 1.77. The van der Waals surface area contributed by atoms with Gasteiger partial charge >= 0.3 is 0 Å². The van der Waals surface area contributed by atoms with Gasteiger partial charge in [-0.25, -0.2) is 0 Å². The Morgan fingerprint density at radius 1 is 1.27 bits per heavy atom. The topological polar surface area (TPSA) is 56.7 Å². The van der Waals surface area contributed by atoms with Gasteiger partial charge in [-0.15, -0.1) is 0 Å². The molecule has 6 heteroatoms. The standard InChI is InChI=1S/C20H34N4OS/c1-5-26(25)19-8-6-7-17(15-19)23-20(21-2)22-14-13-16-9-11-18(12-10-16)24(3)4/h9-12,17,19H,5-8,13-15H2,1-4H3,(H2,21,22,23). The quantitative estimate of drug-likeness (QED) is 0.565. The predicted molar refractivity (Wildman–Crippen MR) is 114 cm³/mol. The molecular weight excluding hydrogens is 344 g/mol. The van der Waals surface area contributed by atoms with Crippen molar-refractivity contribution in [2.24, 2.45) is 4.99 Å². The predicted octanol–water partition coefficient (Wildman–Crippen LogP) is 2.54. The summed E-state index contributed by atoms with van der Waals surface area (Å²) in [5, 5.41) is 7.27. The minimum absolute atomic E-state index is 0.333. The van der Waals surface area contributed by atoms with Crippen LogP contribution in [0.25, 0.3) is 0 Å². The maximum Gasteiger partial charge on any atom is 0.191 e. The fourth-order valence-corrected chi connectivity index (χ4v) is 4.77. The van der Waals surface area contributed by atoms with Gasteiger partial charge in [0, 0.05) is 61.2 Å². The van der Waals surface area contributed by atoms with Gasteiger partial charge in [0.2, 0.25) is 0 Å². The first kappa shape index (κ1) is 20.7. The lowest BCUT2D eigenvalue weighted by Gasteiger charge is -2.30. The van der Waals surface area contributed by atoms with Crippen LogP contribution in [0.1, 0.15) is 38.2 Å². The highest BCUT2D eigenvalue weighted by Crippen LogP contribution is 2.23. The molecule has 1 saturated carbocycles. The second kappa shape index (κ2) is 10.6. The second-order valence-electron chi connectivity index (χ2n) is 7.11.